The van der Waals surface area contributed by atoms with Crippen molar-refractivity contribution >= 4 is 15.9 Å². The summed E-state index contributed by atoms with van der Waals surface area (Å²) in [5.74, 6) is 0.338. The van der Waals surface area contributed by atoms with Gasteiger partial charge >= 0.3 is 10.2 Å². The Morgan fingerprint density at radius 2 is 2.00 bits per heavy atom. The van der Waals surface area contributed by atoms with Crippen LogP contribution in [0.2, 0.25) is 0 Å². The van der Waals surface area contributed by atoms with Crippen molar-refractivity contribution in [3.05, 3.63) is 23.8 Å². The number of hydrogen-bond donors (Lipinski definition) is 1. The van der Waals surface area contributed by atoms with Crippen LogP contribution < -0.4 is 9.46 Å². The van der Waals surface area contributed by atoms with Crippen molar-refractivity contribution in [2.45, 2.75) is 19.3 Å². The van der Waals surface area contributed by atoms with Gasteiger partial charge in [-0.1, -0.05) is 12.5 Å². The average molecular weight is 295 g/mol. The highest BCUT2D eigenvalue weighted by molar-refractivity contribution is 7.90. The third kappa shape index (κ3) is 3.03. The van der Waals surface area contributed by atoms with Gasteiger partial charge in [-0.05, 0) is 25.0 Å². The Morgan fingerprint density at radius 1 is 1.30 bits per heavy atom. The molecular formula is C13H17N3O3S. The first kappa shape index (κ1) is 14.6. The lowest BCUT2D eigenvalue weighted by atomic mass is 10.2. The summed E-state index contributed by atoms with van der Waals surface area (Å²) in [4.78, 5) is 0. The van der Waals surface area contributed by atoms with Crippen LogP contribution >= 0.6 is 0 Å². The van der Waals surface area contributed by atoms with E-state index in [0.717, 1.165) is 19.3 Å². The van der Waals surface area contributed by atoms with Crippen LogP contribution in [0.5, 0.6) is 5.75 Å². The smallest absolute Gasteiger partial charge is 0.301 e. The Hall–Kier alpha value is -1.78. The lowest BCUT2D eigenvalue weighted by molar-refractivity contribution is 0.348. The van der Waals surface area contributed by atoms with Gasteiger partial charge in [0.25, 0.3) is 0 Å². The van der Waals surface area contributed by atoms with Crippen LogP contribution in [0.1, 0.15) is 24.8 Å². The van der Waals surface area contributed by atoms with Gasteiger partial charge in [-0.3, -0.25) is 4.72 Å². The topological polar surface area (TPSA) is 82.4 Å². The van der Waals surface area contributed by atoms with Crippen molar-refractivity contribution in [3.63, 3.8) is 0 Å². The lowest BCUT2D eigenvalue weighted by Gasteiger charge is -2.26. The van der Waals surface area contributed by atoms with Gasteiger partial charge in [-0.15, -0.1) is 0 Å². The number of nitriles is 1. The molecule has 20 heavy (non-hydrogen) atoms. The number of ether oxygens (including phenoxy) is 1. The quantitative estimate of drug-likeness (QED) is 0.916. The molecule has 0 aromatic heterocycles. The SMILES string of the molecule is COc1cccc(C#N)c1NS(=O)(=O)N1CCCCC1. The molecule has 1 aromatic carbocycles. The first-order valence-electron chi connectivity index (χ1n) is 6.43. The maximum Gasteiger partial charge on any atom is 0.301 e. The lowest BCUT2D eigenvalue weighted by Crippen LogP contribution is -2.39. The highest BCUT2D eigenvalue weighted by Crippen LogP contribution is 2.29. The maximum absolute atomic E-state index is 12.3. The van der Waals surface area contributed by atoms with Gasteiger partial charge < -0.3 is 4.74 Å². The predicted molar refractivity (Wildman–Crippen MR) is 75.7 cm³/mol. The summed E-state index contributed by atoms with van der Waals surface area (Å²) in [6, 6.07) is 6.79. The van der Waals surface area contributed by atoms with E-state index in [4.69, 9.17) is 10.00 Å². The zero-order valence-corrected chi connectivity index (χ0v) is 12.1. The molecule has 0 unspecified atom stereocenters. The Balaban J connectivity index is 2.31. The molecule has 1 aromatic rings. The van der Waals surface area contributed by atoms with Crippen molar-refractivity contribution in [2.24, 2.45) is 0 Å². The van der Waals surface area contributed by atoms with Crippen molar-refractivity contribution in [1.82, 2.24) is 4.31 Å². The third-order valence-corrected chi connectivity index (χ3v) is 4.76. The third-order valence-electron chi connectivity index (χ3n) is 3.25. The second-order valence-corrected chi connectivity index (χ2v) is 6.23. The van der Waals surface area contributed by atoms with Gasteiger partial charge in [0.2, 0.25) is 0 Å². The van der Waals surface area contributed by atoms with Gasteiger partial charge in [0, 0.05) is 13.1 Å². The minimum atomic E-state index is -3.65. The first-order valence-corrected chi connectivity index (χ1v) is 7.87. The van der Waals surface area contributed by atoms with E-state index in [-0.39, 0.29) is 11.3 Å². The summed E-state index contributed by atoms with van der Waals surface area (Å²) in [6.07, 6.45) is 2.76. The van der Waals surface area contributed by atoms with Crippen LogP contribution in [0.25, 0.3) is 0 Å². The molecule has 0 aliphatic carbocycles. The van der Waals surface area contributed by atoms with Crippen LogP contribution in [0.15, 0.2) is 18.2 Å². The van der Waals surface area contributed by atoms with E-state index in [1.807, 2.05) is 6.07 Å². The molecule has 0 bridgehead atoms. The van der Waals surface area contributed by atoms with Crippen molar-refractivity contribution in [1.29, 1.82) is 5.26 Å². The zero-order chi connectivity index (χ0) is 14.6. The van der Waals surface area contributed by atoms with E-state index in [9.17, 15) is 8.42 Å². The minimum absolute atomic E-state index is 0.197. The Kier molecular flexibility index (Phi) is 4.47. The molecule has 6 nitrogen and oxygen atoms in total. The van der Waals surface area contributed by atoms with Crippen LogP contribution in [-0.4, -0.2) is 32.9 Å². The molecule has 1 heterocycles. The van der Waals surface area contributed by atoms with Crippen LogP contribution in [0.3, 0.4) is 0 Å². The van der Waals surface area contributed by atoms with Gasteiger partial charge in [-0.25, -0.2) is 0 Å². The molecule has 0 saturated carbocycles. The monoisotopic (exact) mass is 295 g/mol. The van der Waals surface area contributed by atoms with E-state index >= 15 is 0 Å². The zero-order valence-electron chi connectivity index (χ0n) is 11.3. The van der Waals surface area contributed by atoms with Crippen molar-refractivity contribution in [3.8, 4) is 11.8 Å². The summed E-state index contributed by atoms with van der Waals surface area (Å²) in [7, 11) is -2.21. The number of anilines is 1. The van der Waals surface area contributed by atoms with Gasteiger partial charge in [0.15, 0.2) is 0 Å². The molecule has 0 amide bonds. The molecule has 1 saturated heterocycles. The fourth-order valence-corrected chi connectivity index (χ4v) is 3.53. The maximum atomic E-state index is 12.3. The first-order chi connectivity index (χ1) is 9.58. The normalized spacial score (nSPS) is 16.4. The number of nitrogens with zero attached hydrogens (tertiary/aromatic N) is 2. The van der Waals surface area contributed by atoms with Crippen molar-refractivity contribution < 1.29 is 13.2 Å². The number of para-hydroxylation sites is 1. The standard InChI is InChI=1S/C13H17N3O3S/c1-19-12-7-5-6-11(10-14)13(12)15-20(17,18)16-8-3-2-4-9-16/h5-7,15H,2-4,8-9H2,1H3. The van der Waals surface area contributed by atoms with E-state index in [0.29, 0.717) is 18.8 Å². The highest BCUT2D eigenvalue weighted by Gasteiger charge is 2.25. The molecule has 1 fully saturated rings. The minimum Gasteiger partial charge on any atom is -0.495 e. The van der Waals surface area contributed by atoms with Crippen LogP contribution in [-0.2, 0) is 10.2 Å². The second-order valence-electron chi connectivity index (χ2n) is 4.56. The molecule has 0 atom stereocenters. The van der Waals surface area contributed by atoms with E-state index in [1.54, 1.807) is 18.2 Å². The van der Waals surface area contributed by atoms with Gasteiger partial charge in [0.1, 0.15) is 17.5 Å². The molecule has 2 rings (SSSR count). The summed E-state index contributed by atoms with van der Waals surface area (Å²) in [5, 5.41) is 9.09. The number of hydrogen-bond acceptors (Lipinski definition) is 4. The molecular weight excluding hydrogens is 278 g/mol. The summed E-state index contributed by atoms with van der Waals surface area (Å²) >= 11 is 0. The summed E-state index contributed by atoms with van der Waals surface area (Å²) in [6.45, 7) is 1.01. The van der Waals surface area contributed by atoms with E-state index in [1.165, 1.54) is 11.4 Å². The van der Waals surface area contributed by atoms with E-state index < -0.39 is 10.2 Å². The average Bonchev–Trinajstić information content (AvgIpc) is 2.48. The molecule has 108 valence electrons. The molecule has 7 heteroatoms. The van der Waals surface area contributed by atoms with Crippen LogP contribution in [0, 0.1) is 11.3 Å². The fraction of sp³-hybridized carbons (Fsp3) is 0.462. The van der Waals surface area contributed by atoms with Gasteiger partial charge in [-0.2, -0.15) is 18.0 Å². The predicted octanol–water partition coefficient (Wildman–Crippen LogP) is 1.71. The number of benzene rings is 1. The summed E-state index contributed by atoms with van der Waals surface area (Å²) < 4.78 is 33.7. The van der Waals surface area contributed by atoms with Gasteiger partial charge in [0.05, 0.1) is 12.7 Å². The Labute approximate surface area is 119 Å². The molecule has 1 N–H and O–H groups in total. The number of rotatable bonds is 4. The number of methoxy groups -OCH3 is 1. The largest absolute Gasteiger partial charge is 0.495 e. The highest BCUT2D eigenvalue weighted by atomic mass is 32.2. The van der Waals surface area contributed by atoms with Crippen LogP contribution in [0.4, 0.5) is 5.69 Å². The van der Waals surface area contributed by atoms with E-state index in [2.05, 4.69) is 4.72 Å². The van der Waals surface area contributed by atoms with Crippen molar-refractivity contribution in [2.75, 3.05) is 24.9 Å². The molecule has 1 aliphatic rings. The summed E-state index contributed by atoms with van der Waals surface area (Å²) in [5.41, 5.74) is 0.438. The Morgan fingerprint density at radius 3 is 2.60 bits per heavy atom. The molecule has 0 radical (unpaired) electrons. The fourth-order valence-electron chi connectivity index (χ4n) is 2.20. The molecule has 0 spiro atoms. The number of nitrogens with one attached hydrogen (secondary N) is 1. The number of piperidine rings is 1. The molecule has 1 aliphatic heterocycles. The Bertz CT molecular complexity index is 616. The second kappa shape index (κ2) is 6.11.